The summed E-state index contributed by atoms with van der Waals surface area (Å²) in [5.41, 5.74) is 1.53. The predicted octanol–water partition coefficient (Wildman–Crippen LogP) is 6.46. The molecular formula is C30H26ClN3O8S. The summed E-state index contributed by atoms with van der Waals surface area (Å²) in [5.74, 6) is -1.49. The number of halogens is 1. The zero-order valence-electron chi connectivity index (χ0n) is 22.9. The van der Waals surface area contributed by atoms with Gasteiger partial charge in [-0.25, -0.2) is 4.79 Å². The number of nitro benzene ring substituents is 1. The molecule has 0 radical (unpaired) electrons. The number of anilines is 1. The Morgan fingerprint density at radius 3 is 2.56 bits per heavy atom. The Morgan fingerprint density at radius 2 is 1.84 bits per heavy atom. The molecule has 1 N–H and O–H groups in total. The van der Waals surface area contributed by atoms with Crippen LogP contribution >= 0.6 is 23.4 Å². The number of hydrogen-bond acceptors (Lipinski definition) is 9. The number of amides is 3. The van der Waals surface area contributed by atoms with Gasteiger partial charge in [-0.05, 0) is 66.2 Å². The Morgan fingerprint density at radius 1 is 1.09 bits per heavy atom. The van der Waals surface area contributed by atoms with Crippen LogP contribution in [0.25, 0.3) is 6.08 Å². The fraction of sp³-hybridized carbons (Fsp3) is 0.200. The summed E-state index contributed by atoms with van der Waals surface area (Å²) < 4.78 is 11.1. The van der Waals surface area contributed by atoms with E-state index >= 15 is 0 Å². The minimum atomic E-state index is -0.650. The number of hydrogen-bond donors (Lipinski definition) is 1. The number of carbonyl (C=O) groups excluding carboxylic acids is 4. The normalized spacial score (nSPS) is 13.7. The molecule has 0 atom stereocenters. The summed E-state index contributed by atoms with van der Waals surface area (Å²) in [4.78, 5) is 62.1. The maximum absolute atomic E-state index is 13.1. The molecule has 3 aromatic rings. The number of rotatable bonds is 12. The van der Waals surface area contributed by atoms with E-state index in [2.05, 4.69) is 5.32 Å². The topological polar surface area (TPSA) is 145 Å². The lowest BCUT2D eigenvalue weighted by molar-refractivity contribution is -0.384. The van der Waals surface area contributed by atoms with Crippen molar-refractivity contribution >= 4 is 63.8 Å². The maximum atomic E-state index is 13.1. The van der Waals surface area contributed by atoms with E-state index < -0.39 is 34.5 Å². The van der Waals surface area contributed by atoms with Gasteiger partial charge in [0.05, 0.1) is 27.0 Å². The minimum absolute atomic E-state index is 0.0334. The highest BCUT2D eigenvalue weighted by molar-refractivity contribution is 8.18. The van der Waals surface area contributed by atoms with Crippen molar-refractivity contribution in [1.29, 1.82) is 0 Å². The lowest BCUT2D eigenvalue weighted by atomic mass is 10.1. The molecule has 3 aromatic carbocycles. The van der Waals surface area contributed by atoms with Gasteiger partial charge in [0.1, 0.15) is 18.9 Å². The molecule has 13 heteroatoms. The van der Waals surface area contributed by atoms with Gasteiger partial charge in [0.25, 0.3) is 16.8 Å². The molecule has 1 heterocycles. The number of unbranched alkanes of at least 4 members (excludes halogenated alkanes) is 1. The fourth-order valence-electron chi connectivity index (χ4n) is 3.87. The van der Waals surface area contributed by atoms with Crippen LogP contribution in [0.2, 0.25) is 5.02 Å². The maximum Gasteiger partial charge on any atom is 0.339 e. The number of non-ortho nitro benzene ring substituents is 1. The highest BCUT2D eigenvalue weighted by Gasteiger charge is 2.36. The van der Waals surface area contributed by atoms with Crippen molar-refractivity contribution < 1.29 is 33.6 Å². The zero-order chi connectivity index (χ0) is 30.9. The summed E-state index contributed by atoms with van der Waals surface area (Å²) in [6, 6.07) is 17.1. The van der Waals surface area contributed by atoms with Crippen molar-refractivity contribution in [2.75, 3.05) is 18.5 Å². The van der Waals surface area contributed by atoms with Crippen molar-refractivity contribution in [2.45, 2.75) is 26.4 Å². The highest BCUT2D eigenvalue weighted by Crippen LogP contribution is 2.34. The van der Waals surface area contributed by atoms with E-state index in [0.29, 0.717) is 35.1 Å². The molecule has 0 aromatic heterocycles. The SMILES string of the molecule is CCCCOC(=O)c1cc(NC(=O)CN2C(=O)S/C(=C\c3ccccc3OCc3ccc([N+](=O)[O-])cc3)C2=O)ccc1Cl. The van der Waals surface area contributed by atoms with Crippen LogP contribution in [0.4, 0.5) is 16.2 Å². The molecule has 222 valence electrons. The molecule has 11 nitrogen and oxygen atoms in total. The van der Waals surface area contributed by atoms with E-state index in [0.717, 1.165) is 11.3 Å². The van der Waals surface area contributed by atoms with E-state index in [9.17, 15) is 29.3 Å². The van der Waals surface area contributed by atoms with Gasteiger partial charge in [0.2, 0.25) is 5.91 Å². The van der Waals surface area contributed by atoms with Gasteiger partial charge >= 0.3 is 5.97 Å². The number of carbonyl (C=O) groups is 4. The van der Waals surface area contributed by atoms with Gasteiger partial charge in [-0.3, -0.25) is 29.4 Å². The Bertz CT molecular complexity index is 1590. The summed E-state index contributed by atoms with van der Waals surface area (Å²) in [6.45, 7) is 1.78. The Kier molecular flexibility index (Phi) is 10.5. The first-order chi connectivity index (χ1) is 20.7. The molecule has 0 spiro atoms. The lowest BCUT2D eigenvalue weighted by Gasteiger charge is -2.13. The smallest absolute Gasteiger partial charge is 0.339 e. The first-order valence-electron chi connectivity index (χ1n) is 13.1. The van der Waals surface area contributed by atoms with Crippen LogP contribution in [0.1, 0.15) is 41.3 Å². The molecule has 1 saturated heterocycles. The molecule has 0 saturated carbocycles. The first-order valence-corrected chi connectivity index (χ1v) is 14.3. The highest BCUT2D eigenvalue weighted by atomic mass is 35.5. The van der Waals surface area contributed by atoms with Crippen LogP contribution in [0.5, 0.6) is 5.75 Å². The number of para-hydroxylation sites is 1. The second kappa shape index (κ2) is 14.5. The number of imide groups is 1. The molecule has 3 amide bonds. The number of benzene rings is 3. The van der Waals surface area contributed by atoms with Crippen molar-refractivity contribution in [1.82, 2.24) is 4.90 Å². The number of nitrogens with zero attached hydrogens (tertiary/aromatic N) is 2. The van der Waals surface area contributed by atoms with Crippen molar-refractivity contribution in [3.63, 3.8) is 0 Å². The van der Waals surface area contributed by atoms with Crippen molar-refractivity contribution in [2.24, 2.45) is 0 Å². The first kappa shape index (κ1) is 31.3. The molecular weight excluding hydrogens is 598 g/mol. The lowest BCUT2D eigenvalue weighted by Crippen LogP contribution is -2.36. The van der Waals surface area contributed by atoms with Crippen LogP contribution in [0.3, 0.4) is 0 Å². The van der Waals surface area contributed by atoms with E-state index in [-0.39, 0.29) is 40.1 Å². The van der Waals surface area contributed by atoms with Crippen LogP contribution in [-0.2, 0) is 20.9 Å². The van der Waals surface area contributed by atoms with E-state index in [1.54, 1.807) is 36.4 Å². The third-order valence-corrected chi connectivity index (χ3v) is 7.36. The fourth-order valence-corrected chi connectivity index (χ4v) is 4.90. The molecule has 0 aliphatic carbocycles. The van der Waals surface area contributed by atoms with Gasteiger partial charge in [0, 0.05) is 23.4 Å². The average molecular weight is 624 g/mol. The monoisotopic (exact) mass is 623 g/mol. The van der Waals surface area contributed by atoms with Crippen LogP contribution in [0, 0.1) is 10.1 Å². The second-order valence-electron chi connectivity index (χ2n) is 9.25. The largest absolute Gasteiger partial charge is 0.488 e. The van der Waals surface area contributed by atoms with Crippen LogP contribution in [0.15, 0.2) is 71.6 Å². The number of thioether (sulfide) groups is 1. The van der Waals surface area contributed by atoms with Gasteiger partial charge in [-0.15, -0.1) is 0 Å². The second-order valence-corrected chi connectivity index (χ2v) is 10.7. The van der Waals surface area contributed by atoms with Crippen molar-refractivity contribution in [3.8, 4) is 5.75 Å². The number of ether oxygens (including phenoxy) is 2. The van der Waals surface area contributed by atoms with Gasteiger partial charge < -0.3 is 14.8 Å². The van der Waals surface area contributed by atoms with Crippen LogP contribution < -0.4 is 10.1 Å². The van der Waals surface area contributed by atoms with E-state index in [1.165, 1.54) is 36.4 Å². The van der Waals surface area contributed by atoms with E-state index in [1.807, 2.05) is 6.92 Å². The summed E-state index contributed by atoms with van der Waals surface area (Å²) in [5, 5.41) is 13.0. The number of nitro groups is 1. The Labute approximate surface area is 255 Å². The molecule has 4 rings (SSSR count). The van der Waals surface area contributed by atoms with Gasteiger partial charge in [0.15, 0.2) is 0 Å². The Balaban J connectivity index is 1.40. The van der Waals surface area contributed by atoms with Gasteiger partial charge in [-0.1, -0.05) is 43.1 Å². The predicted molar refractivity (Wildman–Crippen MR) is 162 cm³/mol. The average Bonchev–Trinajstić information content (AvgIpc) is 3.25. The Hall–Kier alpha value is -4.68. The molecule has 1 fully saturated rings. The molecule has 43 heavy (non-hydrogen) atoms. The summed E-state index contributed by atoms with van der Waals surface area (Å²) in [6.07, 6.45) is 3.06. The number of nitrogens with one attached hydrogen (secondary N) is 1. The minimum Gasteiger partial charge on any atom is -0.488 e. The number of esters is 1. The quantitative estimate of drug-likeness (QED) is 0.0789. The summed E-state index contributed by atoms with van der Waals surface area (Å²) in [7, 11) is 0. The molecule has 1 aliphatic heterocycles. The standard InChI is InChI=1S/C30H26ClN3O8S/c1-2-3-14-41-29(37)23-16-21(10-13-24(23)31)32-27(35)17-33-28(36)26(43-30(33)38)15-20-6-4-5-7-25(20)42-18-19-8-11-22(12-9-19)34(39)40/h4-13,15-16H,2-3,14,17-18H2,1H3,(H,32,35)/b26-15-. The molecule has 1 aliphatic rings. The van der Waals surface area contributed by atoms with Crippen LogP contribution in [-0.4, -0.2) is 46.0 Å². The van der Waals surface area contributed by atoms with Crippen molar-refractivity contribution in [3.05, 3.63) is 103 Å². The molecule has 0 bridgehead atoms. The summed E-state index contributed by atoms with van der Waals surface area (Å²) >= 11 is 6.82. The van der Waals surface area contributed by atoms with Gasteiger partial charge in [-0.2, -0.15) is 0 Å². The zero-order valence-corrected chi connectivity index (χ0v) is 24.5. The third kappa shape index (κ3) is 8.21. The third-order valence-electron chi connectivity index (χ3n) is 6.12. The molecule has 0 unspecified atom stereocenters. The van der Waals surface area contributed by atoms with E-state index in [4.69, 9.17) is 21.1 Å².